The molecule has 0 fully saturated rings. The molecule has 1 unspecified atom stereocenters. The normalized spacial score (nSPS) is 13.5. The fraction of sp³-hybridized carbons (Fsp3) is 0.538. The lowest BCUT2D eigenvalue weighted by Crippen LogP contribution is -2.29. The molecule has 108 valence electrons. The lowest BCUT2D eigenvalue weighted by Gasteiger charge is -2.14. The number of nitrogens with one attached hydrogen (secondary N) is 1. The summed E-state index contributed by atoms with van der Waals surface area (Å²) in [7, 11) is 0. The zero-order valence-corrected chi connectivity index (χ0v) is 11.5. The van der Waals surface area contributed by atoms with Crippen molar-refractivity contribution in [3.8, 4) is 5.75 Å². The van der Waals surface area contributed by atoms with Gasteiger partial charge in [0.25, 0.3) is 0 Å². The molecule has 1 rings (SSSR count). The van der Waals surface area contributed by atoms with Crippen molar-refractivity contribution in [2.45, 2.75) is 31.3 Å². The van der Waals surface area contributed by atoms with E-state index in [1.54, 1.807) is 12.1 Å². The predicted molar refractivity (Wildman–Crippen MR) is 72.4 cm³/mol. The Hall–Kier alpha value is -0.880. The second kappa shape index (κ2) is 7.65. The average Bonchev–Trinajstić information content (AvgIpc) is 2.33. The zero-order valence-electron chi connectivity index (χ0n) is 10.7. The number of phenolic OH excluding ortho intramolecular Hbond substituents is 1. The van der Waals surface area contributed by atoms with Gasteiger partial charge in [-0.3, -0.25) is 0 Å². The van der Waals surface area contributed by atoms with E-state index in [9.17, 15) is 13.2 Å². The van der Waals surface area contributed by atoms with Gasteiger partial charge < -0.3 is 10.4 Å². The van der Waals surface area contributed by atoms with Crippen molar-refractivity contribution >= 4 is 11.8 Å². The molecule has 6 heteroatoms. The number of hydrogen-bond donors (Lipinski definition) is 2. The van der Waals surface area contributed by atoms with Gasteiger partial charge in [0.2, 0.25) is 0 Å². The Morgan fingerprint density at radius 3 is 2.47 bits per heavy atom. The van der Waals surface area contributed by atoms with Crippen LogP contribution >= 0.6 is 11.8 Å². The second-order valence-corrected chi connectivity index (χ2v) is 5.51. The quantitative estimate of drug-likeness (QED) is 0.754. The van der Waals surface area contributed by atoms with Crippen molar-refractivity contribution in [2.75, 3.05) is 12.3 Å². The molecule has 0 aliphatic carbocycles. The molecule has 0 heterocycles. The van der Waals surface area contributed by atoms with E-state index in [0.717, 1.165) is 18.4 Å². The van der Waals surface area contributed by atoms with Gasteiger partial charge in [-0.1, -0.05) is 12.1 Å². The molecule has 0 amide bonds. The molecule has 2 nitrogen and oxygen atoms in total. The molecule has 0 aromatic heterocycles. The molecule has 1 aromatic carbocycles. The highest BCUT2D eigenvalue weighted by Crippen LogP contribution is 2.29. The maximum Gasteiger partial charge on any atom is 0.441 e. The van der Waals surface area contributed by atoms with E-state index < -0.39 is 5.51 Å². The van der Waals surface area contributed by atoms with Crippen LogP contribution in [-0.2, 0) is 6.42 Å². The van der Waals surface area contributed by atoms with Crippen LogP contribution in [0.25, 0.3) is 0 Å². The third-order valence-electron chi connectivity index (χ3n) is 2.66. The van der Waals surface area contributed by atoms with Crippen molar-refractivity contribution in [1.82, 2.24) is 5.32 Å². The molecular formula is C13H18F3NOS. The van der Waals surface area contributed by atoms with Crippen molar-refractivity contribution in [1.29, 1.82) is 0 Å². The van der Waals surface area contributed by atoms with Gasteiger partial charge in [-0.2, -0.15) is 13.2 Å². The molecule has 0 spiro atoms. The average molecular weight is 293 g/mol. The van der Waals surface area contributed by atoms with E-state index in [1.165, 1.54) is 0 Å². The van der Waals surface area contributed by atoms with Gasteiger partial charge in [0.05, 0.1) is 0 Å². The van der Waals surface area contributed by atoms with Gasteiger partial charge >= 0.3 is 5.51 Å². The van der Waals surface area contributed by atoms with Gasteiger partial charge in [0.1, 0.15) is 5.75 Å². The van der Waals surface area contributed by atoms with Crippen LogP contribution < -0.4 is 5.32 Å². The molecule has 0 bridgehead atoms. The smallest absolute Gasteiger partial charge is 0.441 e. The van der Waals surface area contributed by atoms with Crippen molar-refractivity contribution in [3.05, 3.63) is 29.8 Å². The highest BCUT2D eigenvalue weighted by Gasteiger charge is 2.27. The number of aryl methyl sites for hydroxylation is 1. The van der Waals surface area contributed by atoms with Crippen LogP contribution in [0.5, 0.6) is 5.75 Å². The number of alkyl halides is 3. The zero-order chi connectivity index (χ0) is 14.3. The van der Waals surface area contributed by atoms with Gasteiger partial charge in [0, 0.05) is 18.3 Å². The first-order chi connectivity index (χ1) is 8.87. The van der Waals surface area contributed by atoms with E-state index in [4.69, 9.17) is 5.11 Å². The number of thioether (sulfide) groups is 1. The lowest BCUT2D eigenvalue weighted by atomic mass is 10.1. The van der Waals surface area contributed by atoms with Gasteiger partial charge in [0.15, 0.2) is 0 Å². The maximum atomic E-state index is 11.9. The Balaban J connectivity index is 2.14. The number of phenols is 1. The molecule has 1 atom stereocenters. The Labute approximate surface area is 115 Å². The monoisotopic (exact) mass is 293 g/mol. The summed E-state index contributed by atoms with van der Waals surface area (Å²) in [6.45, 7) is 2.31. The van der Waals surface area contributed by atoms with Gasteiger partial charge in [-0.15, -0.1) is 0 Å². The summed E-state index contributed by atoms with van der Waals surface area (Å²) >= 11 is 0.00134. The van der Waals surface area contributed by atoms with Crippen LogP contribution in [0, 0.1) is 0 Å². The third kappa shape index (κ3) is 8.00. The van der Waals surface area contributed by atoms with Crippen LogP contribution in [0.3, 0.4) is 0 Å². The summed E-state index contributed by atoms with van der Waals surface area (Å²) in [6.07, 6.45) is 1.68. The fourth-order valence-electron chi connectivity index (χ4n) is 1.62. The van der Waals surface area contributed by atoms with Crippen molar-refractivity contribution in [2.24, 2.45) is 0 Å². The van der Waals surface area contributed by atoms with Crippen molar-refractivity contribution in [3.63, 3.8) is 0 Å². The molecule has 0 saturated heterocycles. The minimum atomic E-state index is -4.14. The fourth-order valence-corrected chi connectivity index (χ4v) is 2.07. The largest absolute Gasteiger partial charge is 0.508 e. The summed E-state index contributed by atoms with van der Waals surface area (Å²) in [6, 6.07) is 7.13. The molecule has 0 saturated carbocycles. The summed E-state index contributed by atoms with van der Waals surface area (Å²) < 4.78 is 35.7. The Morgan fingerprint density at radius 1 is 1.26 bits per heavy atom. The minimum Gasteiger partial charge on any atom is -0.508 e. The second-order valence-electron chi connectivity index (χ2n) is 4.35. The van der Waals surface area contributed by atoms with Crippen LogP contribution in [0.2, 0.25) is 0 Å². The summed E-state index contributed by atoms with van der Waals surface area (Å²) in [5, 5.41) is 12.2. The standard InChI is InChI=1S/C13H18F3NOS/c1-10(17-8-9-19-13(14,15)16)2-3-11-4-6-12(18)7-5-11/h4-7,10,17-18H,2-3,8-9H2,1H3. The Morgan fingerprint density at radius 2 is 1.89 bits per heavy atom. The summed E-state index contributed by atoms with van der Waals surface area (Å²) in [4.78, 5) is 0. The van der Waals surface area contributed by atoms with E-state index >= 15 is 0 Å². The molecule has 1 aromatic rings. The van der Waals surface area contributed by atoms with E-state index in [1.807, 2.05) is 19.1 Å². The van der Waals surface area contributed by atoms with E-state index in [2.05, 4.69) is 5.32 Å². The number of benzene rings is 1. The third-order valence-corrected chi connectivity index (χ3v) is 3.40. The number of hydrogen-bond acceptors (Lipinski definition) is 3. The molecule has 0 aliphatic heterocycles. The highest BCUT2D eigenvalue weighted by molar-refractivity contribution is 8.00. The number of halogens is 3. The van der Waals surface area contributed by atoms with Crippen LogP contribution in [0.4, 0.5) is 13.2 Å². The molecule has 0 aliphatic rings. The van der Waals surface area contributed by atoms with E-state index in [0.29, 0.717) is 6.54 Å². The van der Waals surface area contributed by atoms with Crippen LogP contribution in [-0.4, -0.2) is 29.0 Å². The minimum absolute atomic E-state index is 0.00134. The lowest BCUT2D eigenvalue weighted by molar-refractivity contribution is -0.0327. The maximum absolute atomic E-state index is 11.9. The van der Waals surface area contributed by atoms with Crippen LogP contribution in [0.1, 0.15) is 18.9 Å². The Bertz CT molecular complexity index is 367. The highest BCUT2D eigenvalue weighted by atomic mass is 32.2. The molecule has 19 heavy (non-hydrogen) atoms. The molecular weight excluding hydrogens is 275 g/mol. The molecule has 0 radical (unpaired) electrons. The summed E-state index contributed by atoms with van der Waals surface area (Å²) in [5.74, 6) is 0.270. The van der Waals surface area contributed by atoms with Crippen LogP contribution in [0.15, 0.2) is 24.3 Å². The van der Waals surface area contributed by atoms with Gasteiger partial charge in [-0.25, -0.2) is 0 Å². The predicted octanol–water partition coefficient (Wildman–Crippen LogP) is 3.56. The molecule has 2 N–H and O–H groups in total. The summed E-state index contributed by atoms with van der Waals surface area (Å²) in [5.41, 5.74) is -3.03. The first-order valence-electron chi connectivity index (χ1n) is 6.09. The topological polar surface area (TPSA) is 32.3 Å². The van der Waals surface area contributed by atoms with E-state index in [-0.39, 0.29) is 29.3 Å². The number of rotatable bonds is 7. The first-order valence-corrected chi connectivity index (χ1v) is 7.07. The SMILES string of the molecule is CC(CCc1ccc(O)cc1)NCCSC(F)(F)F. The Kier molecular flexibility index (Phi) is 6.51. The number of aromatic hydroxyl groups is 1. The van der Waals surface area contributed by atoms with Gasteiger partial charge in [-0.05, 0) is 49.2 Å². The first kappa shape index (κ1) is 16.2. The van der Waals surface area contributed by atoms with Crippen molar-refractivity contribution < 1.29 is 18.3 Å².